The van der Waals surface area contributed by atoms with E-state index in [2.05, 4.69) is 5.32 Å². The quantitative estimate of drug-likeness (QED) is 0.602. The molecular formula is C18H13Cl2NO2S. The molecule has 0 aliphatic carbocycles. The summed E-state index contributed by atoms with van der Waals surface area (Å²) in [5, 5.41) is 5.45. The first-order valence-corrected chi connectivity index (χ1v) is 8.77. The molecule has 6 heteroatoms. The van der Waals surface area contributed by atoms with Gasteiger partial charge in [0.2, 0.25) is 0 Å². The van der Waals surface area contributed by atoms with Gasteiger partial charge in [-0.1, -0.05) is 47.5 Å². The van der Waals surface area contributed by atoms with Gasteiger partial charge in [0.25, 0.3) is 5.91 Å². The molecule has 0 spiro atoms. The van der Waals surface area contributed by atoms with Crippen LogP contribution in [0.25, 0.3) is 0 Å². The SMILES string of the molecule is O=C(Nc1c(Cl)cccc1Cl)c1cc(COc2ccccc2)cs1. The monoisotopic (exact) mass is 377 g/mol. The average molecular weight is 378 g/mol. The first kappa shape index (κ1) is 16.8. The lowest BCUT2D eigenvalue weighted by Crippen LogP contribution is -2.11. The van der Waals surface area contributed by atoms with Gasteiger partial charge in [0.05, 0.1) is 20.6 Å². The number of carbonyl (C=O) groups excluding carboxylic acids is 1. The van der Waals surface area contributed by atoms with Crippen LogP contribution in [0.2, 0.25) is 10.0 Å². The van der Waals surface area contributed by atoms with E-state index in [1.807, 2.05) is 35.7 Å². The number of anilines is 1. The van der Waals surface area contributed by atoms with Gasteiger partial charge in [-0.3, -0.25) is 4.79 Å². The van der Waals surface area contributed by atoms with Gasteiger partial charge < -0.3 is 10.1 Å². The Bertz CT molecular complexity index is 829. The van der Waals surface area contributed by atoms with Crippen molar-refractivity contribution in [3.8, 4) is 5.75 Å². The van der Waals surface area contributed by atoms with Crippen molar-refractivity contribution in [1.82, 2.24) is 0 Å². The molecule has 0 unspecified atom stereocenters. The number of benzene rings is 2. The van der Waals surface area contributed by atoms with Gasteiger partial charge in [-0.2, -0.15) is 0 Å². The minimum Gasteiger partial charge on any atom is -0.489 e. The summed E-state index contributed by atoms with van der Waals surface area (Å²) >= 11 is 13.5. The van der Waals surface area contributed by atoms with Crippen molar-refractivity contribution in [3.05, 3.63) is 80.5 Å². The molecule has 0 bridgehead atoms. The van der Waals surface area contributed by atoms with Crippen LogP contribution < -0.4 is 10.1 Å². The summed E-state index contributed by atoms with van der Waals surface area (Å²) < 4.78 is 5.67. The summed E-state index contributed by atoms with van der Waals surface area (Å²) in [4.78, 5) is 12.9. The molecule has 3 nitrogen and oxygen atoms in total. The Morgan fingerprint density at radius 3 is 2.46 bits per heavy atom. The highest BCUT2D eigenvalue weighted by Gasteiger charge is 2.13. The fraction of sp³-hybridized carbons (Fsp3) is 0.0556. The van der Waals surface area contributed by atoms with E-state index < -0.39 is 0 Å². The Hall–Kier alpha value is -2.01. The van der Waals surface area contributed by atoms with Crippen molar-refractivity contribution < 1.29 is 9.53 Å². The number of carbonyl (C=O) groups is 1. The number of nitrogens with one attached hydrogen (secondary N) is 1. The summed E-state index contributed by atoms with van der Waals surface area (Å²) in [6, 6.07) is 16.4. The number of amides is 1. The predicted molar refractivity (Wildman–Crippen MR) is 99.5 cm³/mol. The van der Waals surface area contributed by atoms with Gasteiger partial charge >= 0.3 is 0 Å². The van der Waals surface area contributed by atoms with Crippen LogP contribution in [0.3, 0.4) is 0 Å². The first-order chi connectivity index (χ1) is 11.6. The van der Waals surface area contributed by atoms with Crippen LogP contribution in [0.4, 0.5) is 5.69 Å². The maximum atomic E-state index is 12.3. The maximum Gasteiger partial charge on any atom is 0.265 e. The number of hydrogen-bond acceptors (Lipinski definition) is 3. The van der Waals surface area contributed by atoms with Gasteiger partial charge in [0.1, 0.15) is 12.4 Å². The molecule has 0 aliphatic heterocycles. The molecule has 0 radical (unpaired) electrons. The molecule has 24 heavy (non-hydrogen) atoms. The van der Waals surface area contributed by atoms with Crippen molar-refractivity contribution >= 4 is 46.1 Å². The molecule has 1 amide bonds. The molecule has 0 fully saturated rings. The summed E-state index contributed by atoms with van der Waals surface area (Å²) in [7, 11) is 0. The molecule has 3 rings (SSSR count). The van der Waals surface area contributed by atoms with Crippen LogP contribution in [0.15, 0.2) is 60.0 Å². The van der Waals surface area contributed by atoms with Gasteiger partial charge in [0, 0.05) is 5.56 Å². The summed E-state index contributed by atoms with van der Waals surface area (Å²) in [6.07, 6.45) is 0. The molecule has 0 saturated heterocycles. The number of rotatable bonds is 5. The van der Waals surface area contributed by atoms with Gasteiger partial charge in [0.15, 0.2) is 0 Å². The first-order valence-electron chi connectivity index (χ1n) is 7.14. The fourth-order valence-corrected chi connectivity index (χ4v) is 3.33. The third-order valence-electron chi connectivity index (χ3n) is 3.23. The maximum absolute atomic E-state index is 12.3. The Balaban J connectivity index is 1.65. The van der Waals surface area contributed by atoms with Crippen LogP contribution >= 0.6 is 34.5 Å². The van der Waals surface area contributed by atoms with E-state index in [1.54, 1.807) is 24.3 Å². The zero-order chi connectivity index (χ0) is 16.9. The molecular weight excluding hydrogens is 365 g/mol. The van der Waals surface area contributed by atoms with E-state index in [1.165, 1.54) is 11.3 Å². The van der Waals surface area contributed by atoms with Crippen LogP contribution in [0.1, 0.15) is 15.2 Å². The summed E-state index contributed by atoms with van der Waals surface area (Å²) in [6.45, 7) is 0.403. The molecule has 3 aromatic rings. The fourth-order valence-electron chi connectivity index (χ4n) is 2.05. The predicted octanol–water partition coefficient (Wildman–Crippen LogP) is 5.89. The highest BCUT2D eigenvalue weighted by atomic mass is 35.5. The molecule has 0 saturated carbocycles. The number of para-hydroxylation sites is 2. The summed E-state index contributed by atoms with van der Waals surface area (Å²) in [5.74, 6) is 0.540. The highest BCUT2D eigenvalue weighted by Crippen LogP contribution is 2.30. The van der Waals surface area contributed by atoms with E-state index in [-0.39, 0.29) is 5.91 Å². The molecule has 1 aromatic heterocycles. The van der Waals surface area contributed by atoms with E-state index in [9.17, 15) is 4.79 Å². The minimum atomic E-state index is -0.249. The van der Waals surface area contributed by atoms with Gasteiger partial charge in [-0.25, -0.2) is 0 Å². The second-order valence-electron chi connectivity index (χ2n) is 4.97. The van der Waals surface area contributed by atoms with Crippen molar-refractivity contribution in [1.29, 1.82) is 0 Å². The normalized spacial score (nSPS) is 10.4. The third kappa shape index (κ3) is 4.09. The molecule has 0 atom stereocenters. The summed E-state index contributed by atoms with van der Waals surface area (Å²) in [5.41, 5.74) is 1.35. The lowest BCUT2D eigenvalue weighted by atomic mass is 10.3. The number of ether oxygens (including phenoxy) is 1. The average Bonchev–Trinajstić information content (AvgIpc) is 3.06. The Kier molecular flexibility index (Phi) is 5.41. The molecule has 122 valence electrons. The number of thiophene rings is 1. The van der Waals surface area contributed by atoms with E-state index >= 15 is 0 Å². The van der Waals surface area contributed by atoms with Crippen LogP contribution in [-0.2, 0) is 6.61 Å². The zero-order valence-corrected chi connectivity index (χ0v) is 14.8. The molecule has 0 aliphatic rings. The zero-order valence-electron chi connectivity index (χ0n) is 12.5. The van der Waals surface area contributed by atoms with Crippen molar-refractivity contribution in [2.24, 2.45) is 0 Å². The highest BCUT2D eigenvalue weighted by molar-refractivity contribution is 7.12. The molecule has 1 N–H and O–H groups in total. The Labute approximate surface area is 153 Å². The minimum absolute atomic E-state index is 0.249. The lowest BCUT2D eigenvalue weighted by molar-refractivity contribution is 0.103. The smallest absolute Gasteiger partial charge is 0.265 e. The second kappa shape index (κ2) is 7.71. The largest absolute Gasteiger partial charge is 0.489 e. The third-order valence-corrected chi connectivity index (χ3v) is 4.84. The lowest BCUT2D eigenvalue weighted by Gasteiger charge is -2.07. The van der Waals surface area contributed by atoms with Crippen LogP contribution in [-0.4, -0.2) is 5.91 Å². The van der Waals surface area contributed by atoms with Crippen LogP contribution in [0.5, 0.6) is 5.75 Å². The van der Waals surface area contributed by atoms with Crippen molar-refractivity contribution in [2.45, 2.75) is 6.61 Å². The number of hydrogen-bond donors (Lipinski definition) is 1. The van der Waals surface area contributed by atoms with E-state index in [4.69, 9.17) is 27.9 Å². The van der Waals surface area contributed by atoms with Crippen LogP contribution in [0, 0.1) is 0 Å². The number of halogens is 2. The van der Waals surface area contributed by atoms with Gasteiger partial charge in [-0.15, -0.1) is 11.3 Å². The van der Waals surface area contributed by atoms with E-state index in [0.29, 0.717) is 27.2 Å². The second-order valence-corrected chi connectivity index (χ2v) is 6.70. The van der Waals surface area contributed by atoms with Gasteiger partial charge in [-0.05, 0) is 35.7 Å². The molecule has 1 heterocycles. The standard InChI is InChI=1S/C18H13Cl2NO2S/c19-14-7-4-8-15(20)17(14)21-18(22)16-9-12(11-24-16)10-23-13-5-2-1-3-6-13/h1-9,11H,10H2,(H,21,22). The van der Waals surface area contributed by atoms with Crippen molar-refractivity contribution in [3.63, 3.8) is 0 Å². The van der Waals surface area contributed by atoms with E-state index in [0.717, 1.165) is 11.3 Å². The Morgan fingerprint density at radius 2 is 1.75 bits per heavy atom. The molecule has 2 aromatic carbocycles. The van der Waals surface area contributed by atoms with Crippen molar-refractivity contribution in [2.75, 3.05) is 5.32 Å². The topological polar surface area (TPSA) is 38.3 Å². The Morgan fingerprint density at radius 1 is 1.04 bits per heavy atom.